The van der Waals surface area contributed by atoms with Gasteiger partial charge in [-0.25, -0.2) is 0 Å². The molecule has 9 nitrogen and oxygen atoms in total. The summed E-state index contributed by atoms with van der Waals surface area (Å²) in [6.45, 7) is -0.899. The number of aliphatic hydroxyl groups is 5. The summed E-state index contributed by atoms with van der Waals surface area (Å²) in [5, 5.41) is 46.1. The zero-order valence-corrected chi connectivity index (χ0v) is 11.5. The molecule has 1 aromatic rings. The number of hydrazine groups is 1. The van der Waals surface area contributed by atoms with Gasteiger partial charge in [-0.3, -0.25) is 20.4 Å². The number of para-hydroxylation sites is 1. The number of amides is 1. The van der Waals surface area contributed by atoms with Crippen molar-refractivity contribution < 1.29 is 35.1 Å². The van der Waals surface area contributed by atoms with E-state index < -0.39 is 42.7 Å². The molecule has 1 aromatic carbocycles. The smallest absolute Gasteiger partial charge is 0.274 e. The van der Waals surface area contributed by atoms with Gasteiger partial charge in [-0.05, 0) is 12.1 Å². The summed E-state index contributed by atoms with van der Waals surface area (Å²) in [6, 6.07) is 8.35. The largest absolute Gasteiger partial charge is 0.394 e. The monoisotopic (exact) mass is 314 g/mol. The zero-order valence-electron chi connectivity index (χ0n) is 11.5. The van der Waals surface area contributed by atoms with Gasteiger partial charge in [0.1, 0.15) is 18.3 Å². The summed E-state index contributed by atoms with van der Waals surface area (Å²) >= 11 is 0. The Kier molecular flexibility index (Phi) is 6.89. The lowest BCUT2D eigenvalue weighted by Gasteiger charge is -2.22. The van der Waals surface area contributed by atoms with Crippen molar-refractivity contribution in [3.8, 4) is 0 Å². The highest BCUT2D eigenvalue weighted by molar-refractivity contribution is 6.06. The fourth-order valence-corrected chi connectivity index (χ4v) is 1.50. The van der Waals surface area contributed by atoms with Crippen molar-refractivity contribution in [2.45, 2.75) is 24.4 Å². The maximum Gasteiger partial charge on any atom is 0.274 e. The minimum atomic E-state index is -2.26. The molecular formula is C13H18N2O7. The van der Waals surface area contributed by atoms with Crippen LogP contribution in [0.5, 0.6) is 0 Å². The zero-order chi connectivity index (χ0) is 16.7. The number of nitrogens with one attached hydrogen (secondary N) is 2. The van der Waals surface area contributed by atoms with Crippen LogP contribution in [0.1, 0.15) is 0 Å². The molecule has 0 saturated carbocycles. The van der Waals surface area contributed by atoms with Crippen LogP contribution in [0.3, 0.4) is 0 Å². The van der Waals surface area contributed by atoms with Crippen molar-refractivity contribution in [3.05, 3.63) is 30.3 Å². The molecule has 0 aliphatic rings. The highest BCUT2D eigenvalue weighted by Gasteiger charge is 2.36. The van der Waals surface area contributed by atoms with Crippen molar-refractivity contribution in [2.75, 3.05) is 12.0 Å². The quantitative estimate of drug-likeness (QED) is 0.199. The highest BCUT2D eigenvalue weighted by atomic mass is 16.4. The molecule has 0 heterocycles. The second-order valence-corrected chi connectivity index (χ2v) is 4.47. The molecule has 0 aromatic heterocycles. The molecule has 0 bridgehead atoms. The first-order valence-corrected chi connectivity index (χ1v) is 6.36. The Morgan fingerprint density at radius 3 is 2.18 bits per heavy atom. The molecule has 122 valence electrons. The summed E-state index contributed by atoms with van der Waals surface area (Å²) in [6.07, 6.45) is -8.29. The number of carbonyl (C=O) groups is 2. The Bertz CT molecular complexity index is 496. The SMILES string of the molecule is O=C(NNc1ccccc1)[C@H](O)C(=O)[C@@H](O)[C@H](O)[C@H](O)CO. The molecule has 0 aliphatic heterocycles. The van der Waals surface area contributed by atoms with Crippen LogP contribution in [0, 0.1) is 0 Å². The molecule has 0 aliphatic carbocycles. The number of ketones is 1. The maximum atomic E-state index is 11.6. The first-order chi connectivity index (χ1) is 10.4. The standard InChI is InChI=1S/C13H18N2O7/c16-6-8(17)9(18)10(19)11(20)12(21)13(22)15-14-7-4-2-1-3-5-7/h1-5,8-10,12,14,16-19,21H,6H2,(H,15,22)/t8-,9-,10+,12-/m1/s1. The predicted octanol–water partition coefficient (Wildman–Crippen LogP) is -2.87. The van der Waals surface area contributed by atoms with Gasteiger partial charge in [0.15, 0.2) is 6.10 Å². The first kappa shape index (κ1) is 18.0. The van der Waals surface area contributed by atoms with Gasteiger partial charge in [0.25, 0.3) is 5.91 Å². The van der Waals surface area contributed by atoms with Crippen LogP contribution < -0.4 is 10.9 Å². The number of Topliss-reactive ketones (excluding diaryl/α,β-unsaturated/α-hetero) is 1. The molecule has 0 spiro atoms. The fraction of sp³-hybridized carbons (Fsp3) is 0.385. The Hall–Kier alpha value is -2.04. The summed E-state index contributed by atoms with van der Waals surface area (Å²) < 4.78 is 0. The van der Waals surface area contributed by atoms with Crippen LogP contribution in [-0.4, -0.2) is 68.2 Å². The van der Waals surface area contributed by atoms with Crippen LogP contribution in [-0.2, 0) is 9.59 Å². The number of benzene rings is 1. The number of anilines is 1. The molecule has 0 saturated heterocycles. The molecule has 0 unspecified atom stereocenters. The van der Waals surface area contributed by atoms with Gasteiger partial charge in [0, 0.05) is 0 Å². The van der Waals surface area contributed by atoms with E-state index in [1.807, 2.05) is 0 Å². The van der Waals surface area contributed by atoms with Crippen molar-refractivity contribution in [1.29, 1.82) is 0 Å². The van der Waals surface area contributed by atoms with Crippen LogP contribution in [0.4, 0.5) is 5.69 Å². The third-order valence-electron chi connectivity index (χ3n) is 2.82. The summed E-state index contributed by atoms with van der Waals surface area (Å²) in [4.78, 5) is 23.2. The molecular weight excluding hydrogens is 296 g/mol. The van der Waals surface area contributed by atoms with Crippen LogP contribution in [0.15, 0.2) is 30.3 Å². The number of hydrogen-bond donors (Lipinski definition) is 7. The minimum absolute atomic E-state index is 0.492. The minimum Gasteiger partial charge on any atom is -0.394 e. The molecule has 9 heteroatoms. The average molecular weight is 314 g/mol. The Morgan fingerprint density at radius 1 is 1.05 bits per heavy atom. The van der Waals surface area contributed by atoms with E-state index >= 15 is 0 Å². The van der Waals surface area contributed by atoms with Gasteiger partial charge in [-0.15, -0.1) is 0 Å². The van der Waals surface area contributed by atoms with E-state index in [0.29, 0.717) is 5.69 Å². The number of aliphatic hydroxyl groups excluding tert-OH is 5. The van der Waals surface area contributed by atoms with E-state index in [-0.39, 0.29) is 0 Å². The summed E-state index contributed by atoms with van der Waals surface area (Å²) in [5.41, 5.74) is 4.98. The van der Waals surface area contributed by atoms with Gasteiger partial charge in [-0.1, -0.05) is 18.2 Å². The van der Waals surface area contributed by atoms with Gasteiger partial charge < -0.3 is 25.5 Å². The molecule has 0 radical (unpaired) electrons. The van der Waals surface area contributed by atoms with E-state index in [1.54, 1.807) is 30.3 Å². The molecule has 0 fully saturated rings. The second-order valence-electron chi connectivity index (χ2n) is 4.47. The van der Waals surface area contributed by atoms with Gasteiger partial charge in [-0.2, -0.15) is 0 Å². The van der Waals surface area contributed by atoms with E-state index in [1.165, 1.54) is 0 Å². The predicted molar refractivity (Wildman–Crippen MR) is 74.3 cm³/mol. The lowest BCUT2D eigenvalue weighted by Crippen LogP contribution is -2.52. The molecule has 7 N–H and O–H groups in total. The van der Waals surface area contributed by atoms with E-state index in [0.717, 1.165) is 0 Å². The average Bonchev–Trinajstić information content (AvgIpc) is 2.56. The number of hydrogen-bond acceptors (Lipinski definition) is 8. The van der Waals surface area contributed by atoms with Crippen LogP contribution in [0.2, 0.25) is 0 Å². The van der Waals surface area contributed by atoms with Crippen molar-refractivity contribution in [3.63, 3.8) is 0 Å². The number of carbonyl (C=O) groups excluding carboxylic acids is 2. The summed E-state index contributed by atoms with van der Waals surface area (Å²) in [5.74, 6) is -2.56. The Labute approximate surface area is 125 Å². The fourth-order valence-electron chi connectivity index (χ4n) is 1.50. The normalized spacial score (nSPS) is 16.2. The Morgan fingerprint density at radius 2 is 1.64 bits per heavy atom. The van der Waals surface area contributed by atoms with Crippen molar-refractivity contribution in [1.82, 2.24) is 5.43 Å². The second kappa shape index (κ2) is 8.41. The third kappa shape index (κ3) is 4.76. The van der Waals surface area contributed by atoms with Crippen molar-refractivity contribution in [2.24, 2.45) is 0 Å². The Balaban J connectivity index is 2.56. The first-order valence-electron chi connectivity index (χ1n) is 6.36. The van der Waals surface area contributed by atoms with Crippen LogP contribution >= 0.6 is 0 Å². The molecule has 22 heavy (non-hydrogen) atoms. The lowest BCUT2D eigenvalue weighted by atomic mass is 10.0. The molecule has 4 atom stereocenters. The highest BCUT2D eigenvalue weighted by Crippen LogP contribution is 2.06. The van der Waals surface area contributed by atoms with Gasteiger partial charge in [0.2, 0.25) is 5.78 Å². The molecule has 1 amide bonds. The summed E-state index contributed by atoms with van der Waals surface area (Å²) in [7, 11) is 0. The maximum absolute atomic E-state index is 11.6. The van der Waals surface area contributed by atoms with Gasteiger partial charge in [0.05, 0.1) is 12.3 Å². The van der Waals surface area contributed by atoms with Crippen LogP contribution in [0.25, 0.3) is 0 Å². The lowest BCUT2D eigenvalue weighted by molar-refractivity contribution is -0.153. The third-order valence-corrected chi connectivity index (χ3v) is 2.82. The van der Waals surface area contributed by atoms with Crippen molar-refractivity contribution >= 4 is 17.4 Å². The van der Waals surface area contributed by atoms with Gasteiger partial charge >= 0.3 is 0 Å². The van der Waals surface area contributed by atoms with E-state index in [2.05, 4.69) is 10.9 Å². The molecule has 1 rings (SSSR count). The topological polar surface area (TPSA) is 159 Å². The number of rotatable bonds is 8. The van der Waals surface area contributed by atoms with E-state index in [4.69, 9.17) is 10.2 Å². The van der Waals surface area contributed by atoms with E-state index in [9.17, 15) is 24.9 Å².